The Balaban J connectivity index is 2.55. The monoisotopic (exact) mass is 310 g/mol. The first-order valence-corrected chi connectivity index (χ1v) is 6.77. The highest BCUT2D eigenvalue weighted by atomic mass is 16.6. The standard InChI is InChI=1S/C13H18N4O5/c1-5-22-12(21)17-10(14-7(2)18)8-6-16(11(19)20)13(3,4)9(8)15-17/h5-6H2,1-4H3,(H,14,18)(H,19,20). The number of carbonyl (C=O) groups excluding carboxylic acids is 2. The molecule has 0 bridgehead atoms. The molecule has 0 fully saturated rings. The van der Waals surface area contributed by atoms with Crippen LogP contribution in [-0.4, -0.2) is 44.5 Å². The summed E-state index contributed by atoms with van der Waals surface area (Å²) in [6.45, 7) is 6.52. The molecule has 0 radical (unpaired) electrons. The summed E-state index contributed by atoms with van der Waals surface area (Å²) in [7, 11) is 0. The molecule has 0 saturated heterocycles. The Morgan fingerprint density at radius 1 is 1.41 bits per heavy atom. The van der Waals surface area contributed by atoms with Crippen LogP contribution in [0.4, 0.5) is 15.4 Å². The van der Waals surface area contributed by atoms with Crippen LogP contribution in [-0.2, 0) is 21.6 Å². The average molecular weight is 310 g/mol. The number of carbonyl (C=O) groups is 3. The minimum Gasteiger partial charge on any atom is -0.465 e. The van der Waals surface area contributed by atoms with E-state index in [1.54, 1.807) is 20.8 Å². The first-order chi connectivity index (χ1) is 10.2. The lowest BCUT2D eigenvalue weighted by Gasteiger charge is -2.28. The zero-order valence-electron chi connectivity index (χ0n) is 12.8. The largest absolute Gasteiger partial charge is 0.465 e. The Kier molecular flexibility index (Phi) is 3.82. The van der Waals surface area contributed by atoms with Crippen LogP contribution in [0.25, 0.3) is 0 Å². The fraction of sp³-hybridized carbons (Fsp3) is 0.538. The van der Waals surface area contributed by atoms with E-state index in [1.807, 2.05) is 0 Å². The van der Waals surface area contributed by atoms with E-state index < -0.39 is 17.7 Å². The van der Waals surface area contributed by atoms with E-state index in [4.69, 9.17) is 4.74 Å². The van der Waals surface area contributed by atoms with Crippen LogP contribution in [0.15, 0.2) is 0 Å². The molecular weight excluding hydrogens is 292 g/mol. The van der Waals surface area contributed by atoms with Gasteiger partial charge in [0.2, 0.25) is 5.91 Å². The minimum absolute atomic E-state index is 0.0344. The number of hydrogen-bond acceptors (Lipinski definition) is 5. The van der Waals surface area contributed by atoms with Gasteiger partial charge in [-0.25, -0.2) is 9.59 Å². The Labute approximate surface area is 126 Å². The maximum Gasteiger partial charge on any atom is 0.436 e. The first kappa shape index (κ1) is 15.8. The van der Waals surface area contributed by atoms with Crippen molar-refractivity contribution in [3.05, 3.63) is 11.3 Å². The molecule has 0 atom stereocenters. The van der Waals surface area contributed by atoms with Gasteiger partial charge in [0.15, 0.2) is 0 Å². The van der Waals surface area contributed by atoms with E-state index in [-0.39, 0.29) is 24.9 Å². The lowest BCUT2D eigenvalue weighted by atomic mass is 10.0. The summed E-state index contributed by atoms with van der Waals surface area (Å²) < 4.78 is 5.88. The molecule has 2 amide bonds. The summed E-state index contributed by atoms with van der Waals surface area (Å²) in [5.41, 5.74) is 0.00826. The van der Waals surface area contributed by atoms with Gasteiger partial charge >= 0.3 is 12.2 Å². The van der Waals surface area contributed by atoms with Crippen molar-refractivity contribution >= 4 is 23.9 Å². The molecule has 22 heavy (non-hydrogen) atoms. The van der Waals surface area contributed by atoms with E-state index in [1.165, 1.54) is 11.8 Å². The van der Waals surface area contributed by atoms with Crippen LogP contribution in [0.3, 0.4) is 0 Å². The van der Waals surface area contributed by atoms with E-state index in [0.717, 1.165) is 4.68 Å². The number of ether oxygens (including phenoxy) is 1. The Morgan fingerprint density at radius 2 is 2.05 bits per heavy atom. The van der Waals surface area contributed by atoms with Crippen molar-refractivity contribution in [1.29, 1.82) is 0 Å². The van der Waals surface area contributed by atoms with E-state index >= 15 is 0 Å². The molecule has 2 heterocycles. The van der Waals surface area contributed by atoms with Gasteiger partial charge in [-0.2, -0.15) is 5.10 Å². The highest BCUT2D eigenvalue weighted by Gasteiger charge is 2.46. The normalized spacial score (nSPS) is 15.4. The molecule has 0 saturated carbocycles. The van der Waals surface area contributed by atoms with Crippen molar-refractivity contribution in [2.75, 3.05) is 11.9 Å². The van der Waals surface area contributed by atoms with Crippen LogP contribution >= 0.6 is 0 Å². The Morgan fingerprint density at radius 3 is 2.55 bits per heavy atom. The van der Waals surface area contributed by atoms with Gasteiger partial charge in [-0.15, -0.1) is 4.68 Å². The predicted octanol–water partition coefficient (Wildman–Crippen LogP) is 1.57. The number of fused-ring (bicyclic) bond motifs is 1. The van der Waals surface area contributed by atoms with Crippen molar-refractivity contribution in [2.24, 2.45) is 0 Å². The van der Waals surface area contributed by atoms with Gasteiger partial charge in [-0.3, -0.25) is 9.69 Å². The van der Waals surface area contributed by atoms with Crippen LogP contribution in [0.5, 0.6) is 0 Å². The number of hydrogen-bond donors (Lipinski definition) is 2. The summed E-state index contributed by atoms with van der Waals surface area (Å²) in [4.78, 5) is 35.9. The summed E-state index contributed by atoms with van der Waals surface area (Å²) in [6.07, 6.45) is -1.82. The maximum atomic E-state index is 12.0. The Bertz CT molecular complexity index is 649. The second-order valence-electron chi connectivity index (χ2n) is 5.40. The third-order valence-corrected chi connectivity index (χ3v) is 3.52. The van der Waals surface area contributed by atoms with E-state index in [9.17, 15) is 19.5 Å². The SMILES string of the molecule is CCOC(=O)n1nc2c(c1NC(C)=O)CN(C(=O)O)C2(C)C. The Hall–Kier alpha value is -2.58. The number of amides is 2. The number of nitrogens with one attached hydrogen (secondary N) is 1. The van der Waals surface area contributed by atoms with Crippen LogP contribution in [0, 0.1) is 0 Å². The molecule has 0 aromatic carbocycles. The molecule has 1 aromatic heterocycles. The number of nitrogens with zero attached hydrogens (tertiary/aromatic N) is 3. The molecule has 0 spiro atoms. The summed E-state index contributed by atoms with van der Waals surface area (Å²) in [5.74, 6) is -0.238. The van der Waals surface area contributed by atoms with Gasteiger partial charge in [-0.05, 0) is 20.8 Å². The molecule has 2 N–H and O–H groups in total. The van der Waals surface area contributed by atoms with Gasteiger partial charge in [-0.1, -0.05) is 0 Å². The topological polar surface area (TPSA) is 114 Å². The van der Waals surface area contributed by atoms with Crippen molar-refractivity contribution in [3.63, 3.8) is 0 Å². The lowest BCUT2D eigenvalue weighted by Crippen LogP contribution is -2.40. The quantitative estimate of drug-likeness (QED) is 0.857. The molecule has 9 nitrogen and oxygen atoms in total. The number of anilines is 1. The smallest absolute Gasteiger partial charge is 0.436 e. The molecule has 1 aromatic rings. The summed E-state index contributed by atoms with van der Waals surface area (Å²) >= 11 is 0. The predicted molar refractivity (Wildman–Crippen MR) is 75.5 cm³/mol. The highest BCUT2D eigenvalue weighted by Crippen LogP contribution is 2.41. The minimum atomic E-state index is -1.10. The summed E-state index contributed by atoms with van der Waals surface area (Å²) in [5, 5.41) is 16.0. The zero-order valence-corrected chi connectivity index (χ0v) is 12.8. The highest BCUT2D eigenvalue weighted by molar-refractivity contribution is 5.91. The second-order valence-corrected chi connectivity index (χ2v) is 5.40. The molecule has 1 aliphatic rings. The average Bonchev–Trinajstić information content (AvgIpc) is 2.86. The van der Waals surface area contributed by atoms with Gasteiger partial charge < -0.3 is 15.2 Å². The van der Waals surface area contributed by atoms with Gasteiger partial charge in [0, 0.05) is 12.5 Å². The molecular formula is C13H18N4O5. The third-order valence-electron chi connectivity index (χ3n) is 3.52. The molecule has 0 unspecified atom stereocenters. The van der Waals surface area contributed by atoms with Gasteiger partial charge in [0.1, 0.15) is 5.82 Å². The molecule has 1 aliphatic heterocycles. The lowest BCUT2D eigenvalue weighted by molar-refractivity contribution is -0.114. The van der Waals surface area contributed by atoms with Crippen LogP contribution in [0.1, 0.15) is 39.0 Å². The van der Waals surface area contributed by atoms with E-state index in [2.05, 4.69) is 10.4 Å². The van der Waals surface area contributed by atoms with Crippen molar-refractivity contribution < 1.29 is 24.2 Å². The van der Waals surface area contributed by atoms with E-state index in [0.29, 0.717) is 11.3 Å². The van der Waals surface area contributed by atoms with Crippen molar-refractivity contribution in [1.82, 2.24) is 14.7 Å². The van der Waals surface area contributed by atoms with Crippen molar-refractivity contribution in [3.8, 4) is 0 Å². The van der Waals surface area contributed by atoms with Crippen molar-refractivity contribution in [2.45, 2.75) is 39.8 Å². The summed E-state index contributed by atoms with van der Waals surface area (Å²) in [6, 6.07) is 0. The first-order valence-electron chi connectivity index (χ1n) is 6.77. The fourth-order valence-corrected chi connectivity index (χ4v) is 2.49. The molecule has 0 aliphatic carbocycles. The van der Waals surface area contributed by atoms with Gasteiger partial charge in [0.25, 0.3) is 0 Å². The van der Waals surface area contributed by atoms with Crippen LogP contribution in [0.2, 0.25) is 0 Å². The number of rotatable bonds is 2. The third kappa shape index (κ3) is 2.38. The molecule has 2 rings (SSSR count). The maximum absolute atomic E-state index is 12.0. The number of carboxylic acid groups (broad SMARTS) is 1. The zero-order chi connectivity index (χ0) is 16.7. The number of aromatic nitrogens is 2. The van der Waals surface area contributed by atoms with Gasteiger partial charge in [0.05, 0.1) is 24.4 Å². The fourth-order valence-electron chi connectivity index (χ4n) is 2.49. The van der Waals surface area contributed by atoms with Crippen LogP contribution < -0.4 is 5.32 Å². The molecule has 120 valence electrons. The second kappa shape index (κ2) is 5.32. The molecule has 9 heteroatoms.